The van der Waals surface area contributed by atoms with E-state index in [1.54, 1.807) is 5.57 Å². The van der Waals surface area contributed by atoms with Crippen molar-refractivity contribution in [2.45, 2.75) is 96.2 Å². The maximum atomic E-state index is 10.3. The van der Waals surface area contributed by atoms with E-state index in [0.717, 1.165) is 64.1 Å². The molecule has 3 saturated carbocycles. The number of hydrogen-bond donors (Lipinski definition) is 0. The van der Waals surface area contributed by atoms with Crippen LogP contribution in [0.1, 0.15) is 65.2 Å². The largest absolute Gasteiger partial charge is 0.399 e. The first-order valence-electron chi connectivity index (χ1n) is 12.2. The van der Waals surface area contributed by atoms with E-state index >= 15 is 0 Å². The highest BCUT2D eigenvalue weighted by atomic mass is 28.4. The third-order valence-electron chi connectivity index (χ3n) is 9.70. The second kappa shape index (κ2) is 6.67. The minimum Gasteiger partial charge on any atom is -0.399 e. The molecule has 0 N–H and O–H groups in total. The molecular weight excluding hydrogens is 390 g/mol. The van der Waals surface area contributed by atoms with Crippen LogP contribution in [0.3, 0.4) is 0 Å². The quantitative estimate of drug-likeness (QED) is 0.411. The topological polar surface area (TPSA) is 51.5 Å². The minimum absolute atomic E-state index is 0.0154. The Hall–Kier alpha value is -0.673. The normalized spacial score (nSPS) is 47.2. The number of rotatable bonds is 2. The van der Waals surface area contributed by atoms with Gasteiger partial charge in [0.15, 0.2) is 14.1 Å². The van der Waals surface area contributed by atoms with E-state index in [4.69, 9.17) is 13.9 Å². The van der Waals surface area contributed by atoms with Gasteiger partial charge in [-0.3, -0.25) is 0 Å². The number of nitrogens with zero attached hydrogens (tertiary/aromatic N) is 1. The van der Waals surface area contributed by atoms with E-state index in [1.165, 1.54) is 6.42 Å². The van der Waals surface area contributed by atoms with Crippen LogP contribution < -0.4 is 0 Å². The summed E-state index contributed by atoms with van der Waals surface area (Å²) in [7, 11) is -1.81. The van der Waals surface area contributed by atoms with Gasteiger partial charge in [0, 0.05) is 18.3 Å². The fourth-order valence-corrected chi connectivity index (χ4v) is 9.67. The van der Waals surface area contributed by atoms with Crippen LogP contribution in [0.25, 0.3) is 0 Å². The van der Waals surface area contributed by atoms with Crippen LogP contribution in [0.4, 0.5) is 0 Å². The molecule has 0 aromatic carbocycles. The van der Waals surface area contributed by atoms with Gasteiger partial charge in [0.1, 0.15) is 5.60 Å². The lowest BCUT2D eigenvalue weighted by Gasteiger charge is -2.59. The molecule has 4 nitrogen and oxygen atoms in total. The Balaban J connectivity index is 1.45. The van der Waals surface area contributed by atoms with Gasteiger partial charge in [-0.05, 0) is 81.3 Å². The van der Waals surface area contributed by atoms with E-state index < -0.39 is 13.9 Å². The smallest absolute Gasteiger partial charge is 0.185 e. The van der Waals surface area contributed by atoms with Crippen LogP contribution >= 0.6 is 0 Å². The summed E-state index contributed by atoms with van der Waals surface area (Å²) in [4.78, 5) is 0. The van der Waals surface area contributed by atoms with Gasteiger partial charge in [-0.2, -0.15) is 5.26 Å². The van der Waals surface area contributed by atoms with Crippen LogP contribution in [0, 0.1) is 39.9 Å². The van der Waals surface area contributed by atoms with Gasteiger partial charge in [0.2, 0.25) is 0 Å². The van der Waals surface area contributed by atoms with Gasteiger partial charge in [0.05, 0.1) is 19.3 Å². The molecule has 0 bridgehead atoms. The maximum absolute atomic E-state index is 10.3. The Morgan fingerprint density at radius 3 is 2.40 bits per heavy atom. The molecule has 1 aliphatic heterocycles. The van der Waals surface area contributed by atoms with Crippen molar-refractivity contribution in [3.8, 4) is 6.07 Å². The van der Waals surface area contributed by atoms with Crippen molar-refractivity contribution < 1.29 is 13.9 Å². The molecule has 5 rings (SSSR count). The monoisotopic (exact) mass is 429 g/mol. The minimum atomic E-state index is -1.81. The SMILES string of the molecule is C[C@]12CCC3(CC1=CC[C@H]1[C@H]2CC[C@]2(C)[C@@H]1CC[C@]2(C#N)O[Si](C)(C)C)OCCO3. The number of allylic oxidation sites excluding steroid dienone is 1. The molecule has 5 aliphatic rings. The van der Waals surface area contributed by atoms with Crippen molar-refractivity contribution >= 4 is 8.32 Å². The van der Waals surface area contributed by atoms with Gasteiger partial charge in [0.25, 0.3) is 0 Å². The van der Waals surface area contributed by atoms with E-state index in [1.807, 2.05) is 0 Å². The third-order valence-corrected chi connectivity index (χ3v) is 10.7. The van der Waals surface area contributed by atoms with Crippen LogP contribution in [0.2, 0.25) is 19.6 Å². The van der Waals surface area contributed by atoms with Gasteiger partial charge in [-0.15, -0.1) is 0 Å². The molecule has 0 amide bonds. The Labute approximate surface area is 183 Å². The molecule has 6 atom stereocenters. The van der Waals surface area contributed by atoms with E-state index in [9.17, 15) is 5.26 Å². The lowest BCUT2D eigenvalue weighted by molar-refractivity contribution is -0.186. The Morgan fingerprint density at radius 1 is 1.03 bits per heavy atom. The van der Waals surface area contributed by atoms with E-state index in [-0.39, 0.29) is 16.6 Å². The first kappa shape index (κ1) is 21.2. The zero-order valence-corrected chi connectivity index (χ0v) is 20.6. The maximum Gasteiger partial charge on any atom is 0.185 e. The van der Waals surface area contributed by atoms with E-state index in [2.05, 4.69) is 45.6 Å². The molecule has 0 radical (unpaired) electrons. The molecule has 30 heavy (non-hydrogen) atoms. The predicted molar refractivity (Wildman–Crippen MR) is 119 cm³/mol. The van der Waals surface area contributed by atoms with Crippen molar-refractivity contribution in [3.05, 3.63) is 11.6 Å². The lowest BCUT2D eigenvalue weighted by Crippen LogP contribution is -2.57. The van der Waals surface area contributed by atoms with Crippen LogP contribution in [0.5, 0.6) is 0 Å². The highest BCUT2D eigenvalue weighted by Gasteiger charge is 2.66. The highest BCUT2D eigenvalue weighted by molar-refractivity contribution is 6.69. The van der Waals surface area contributed by atoms with Crippen LogP contribution in [-0.2, 0) is 13.9 Å². The number of nitriles is 1. The summed E-state index contributed by atoms with van der Waals surface area (Å²) < 4.78 is 18.9. The number of hydrogen-bond acceptors (Lipinski definition) is 4. The van der Waals surface area contributed by atoms with Gasteiger partial charge >= 0.3 is 0 Å². The number of fused-ring (bicyclic) bond motifs is 5. The summed E-state index contributed by atoms with van der Waals surface area (Å²) in [6, 6.07) is 2.73. The molecule has 1 saturated heterocycles. The summed E-state index contributed by atoms with van der Waals surface area (Å²) in [5, 5.41) is 10.3. The van der Waals surface area contributed by atoms with Crippen molar-refractivity contribution in [2.75, 3.05) is 13.2 Å². The summed E-state index contributed by atoms with van der Waals surface area (Å²) in [6.07, 6.45) is 11.2. The summed E-state index contributed by atoms with van der Waals surface area (Å²) in [6.45, 7) is 13.1. The molecule has 1 spiro atoms. The molecule has 0 aromatic heterocycles. The fraction of sp³-hybridized carbons (Fsp3) is 0.880. The molecule has 0 unspecified atom stereocenters. The molecule has 5 heteroatoms. The highest BCUT2D eigenvalue weighted by Crippen LogP contribution is 2.68. The van der Waals surface area contributed by atoms with Gasteiger partial charge in [-0.1, -0.05) is 25.5 Å². The zero-order valence-electron chi connectivity index (χ0n) is 19.6. The standard InChI is InChI=1S/C25H39NO3Si/c1-22-12-13-25(27-14-15-28-25)16-18(22)6-7-19-20(22)8-10-23(2)21(19)9-11-24(23,17-26)29-30(3,4)5/h6,19-21H,7-16H2,1-5H3/t19-,20+,21+,22-,23+,24+/m0/s1. The molecule has 166 valence electrons. The van der Waals surface area contributed by atoms with Gasteiger partial charge < -0.3 is 13.9 Å². The first-order valence-corrected chi connectivity index (χ1v) is 15.6. The average Bonchev–Trinajstić information content (AvgIpc) is 3.24. The zero-order chi connectivity index (χ0) is 21.4. The molecule has 4 aliphatic carbocycles. The van der Waals surface area contributed by atoms with Gasteiger partial charge in [-0.25, -0.2) is 0 Å². The molecule has 4 fully saturated rings. The second-order valence-electron chi connectivity index (χ2n) is 12.2. The predicted octanol–water partition coefficient (Wildman–Crippen LogP) is 5.81. The average molecular weight is 430 g/mol. The molecular formula is C25H39NO3Si. The molecule has 1 heterocycles. The van der Waals surface area contributed by atoms with Crippen molar-refractivity contribution in [1.82, 2.24) is 0 Å². The summed E-state index contributed by atoms with van der Waals surface area (Å²) in [5.41, 5.74) is 1.25. The van der Waals surface area contributed by atoms with Crippen LogP contribution in [0.15, 0.2) is 11.6 Å². The Kier molecular flexibility index (Phi) is 4.71. The second-order valence-corrected chi connectivity index (χ2v) is 16.6. The Morgan fingerprint density at radius 2 is 1.73 bits per heavy atom. The molecule has 0 aromatic rings. The van der Waals surface area contributed by atoms with Crippen molar-refractivity contribution in [1.29, 1.82) is 5.26 Å². The summed E-state index contributed by atoms with van der Waals surface area (Å²) >= 11 is 0. The van der Waals surface area contributed by atoms with Crippen LogP contribution in [-0.4, -0.2) is 32.9 Å². The third kappa shape index (κ3) is 2.86. The Bertz CT molecular complexity index is 791. The van der Waals surface area contributed by atoms with E-state index in [0.29, 0.717) is 11.8 Å². The number of ether oxygens (including phenoxy) is 2. The fourth-order valence-electron chi connectivity index (χ4n) is 8.24. The first-order chi connectivity index (χ1) is 14.1. The lowest BCUT2D eigenvalue weighted by atomic mass is 9.47. The summed E-state index contributed by atoms with van der Waals surface area (Å²) in [5.74, 6) is 1.65. The van der Waals surface area contributed by atoms with Crippen molar-refractivity contribution in [2.24, 2.45) is 28.6 Å². The van der Waals surface area contributed by atoms with Crippen molar-refractivity contribution in [3.63, 3.8) is 0 Å².